The Balaban J connectivity index is 1.54. The molecule has 1 aromatic heterocycles. The molecule has 0 bridgehead atoms. The van der Waals surface area contributed by atoms with Gasteiger partial charge in [-0.2, -0.15) is 4.98 Å². The summed E-state index contributed by atoms with van der Waals surface area (Å²) in [5, 5.41) is 3.18. The number of benzene rings is 1. The predicted molar refractivity (Wildman–Crippen MR) is 85.1 cm³/mol. The van der Waals surface area contributed by atoms with E-state index in [0.29, 0.717) is 24.2 Å². The van der Waals surface area contributed by atoms with Crippen molar-refractivity contribution in [1.82, 2.24) is 9.97 Å². The molecule has 0 aliphatic carbocycles. The second-order valence-corrected chi connectivity index (χ2v) is 5.14. The van der Waals surface area contributed by atoms with Crippen LogP contribution in [0.5, 0.6) is 11.6 Å². The molecule has 1 aliphatic heterocycles. The maximum atomic E-state index is 12.9. The van der Waals surface area contributed by atoms with E-state index in [0.717, 1.165) is 26.0 Å². The summed E-state index contributed by atoms with van der Waals surface area (Å²) in [7, 11) is 0. The van der Waals surface area contributed by atoms with Crippen LogP contribution in [0.2, 0.25) is 0 Å². The molecule has 0 unspecified atom stereocenters. The number of nitrogens with one attached hydrogen (secondary N) is 1. The first kappa shape index (κ1) is 15.4. The highest BCUT2D eigenvalue weighted by atomic mass is 19.1. The summed E-state index contributed by atoms with van der Waals surface area (Å²) in [5.41, 5.74) is 1.39. The average Bonchev–Trinajstić information content (AvgIpc) is 2.58. The molecule has 23 heavy (non-hydrogen) atoms. The zero-order chi connectivity index (χ0) is 15.9. The topological polar surface area (TPSA) is 56.3 Å². The minimum atomic E-state index is -0.301. The van der Waals surface area contributed by atoms with Crippen LogP contribution >= 0.6 is 0 Å². The standard InChI is InChI=1S/C17H18FN3O2/c18-14-1-3-15(4-2-14)23-16-6-10-20-17(21-16)19-9-5-13-7-11-22-12-8-13/h1-4,6-7,10H,5,8-9,11-12H2,(H,19,20,21). The fourth-order valence-corrected chi connectivity index (χ4v) is 2.23. The molecule has 6 heteroatoms. The predicted octanol–water partition coefficient (Wildman–Crippen LogP) is 3.56. The van der Waals surface area contributed by atoms with E-state index in [1.807, 2.05) is 0 Å². The van der Waals surface area contributed by atoms with E-state index in [2.05, 4.69) is 21.4 Å². The lowest BCUT2D eigenvalue weighted by molar-refractivity contribution is 0.153. The highest BCUT2D eigenvalue weighted by Gasteiger charge is 2.05. The van der Waals surface area contributed by atoms with Gasteiger partial charge in [0.2, 0.25) is 11.8 Å². The van der Waals surface area contributed by atoms with Crippen molar-refractivity contribution < 1.29 is 13.9 Å². The fraction of sp³-hybridized carbons (Fsp3) is 0.294. The van der Waals surface area contributed by atoms with Gasteiger partial charge in [0.1, 0.15) is 11.6 Å². The number of hydrogen-bond donors (Lipinski definition) is 1. The molecule has 1 aromatic carbocycles. The summed E-state index contributed by atoms with van der Waals surface area (Å²) >= 11 is 0. The van der Waals surface area contributed by atoms with Crippen LogP contribution < -0.4 is 10.1 Å². The van der Waals surface area contributed by atoms with Gasteiger partial charge in [0.15, 0.2) is 0 Å². The summed E-state index contributed by atoms with van der Waals surface area (Å²) in [5.74, 6) is 1.16. The maximum absolute atomic E-state index is 12.9. The lowest BCUT2D eigenvalue weighted by Gasteiger charge is -2.13. The molecule has 3 rings (SSSR count). The quantitative estimate of drug-likeness (QED) is 0.826. The Labute approximate surface area is 134 Å². The first-order valence-corrected chi connectivity index (χ1v) is 7.55. The Morgan fingerprint density at radius 3 is 2.87 bits per heavy atom. The molecule has 2 heterocycles. The Hall–Kier alpha value is -2.47. The minimum absolute atomic E-state index is 0.301. The van der Waals surface area contributed by atoms with Crippen LogP contribution in [-0.2, 0) is 4.74 Å². The smallest absolute Gasteiger partial charge is 0.225 e. The van der Waals surface area contributed by atoms with Gasteiger partial charge in [-0.15, -0.1) is 0 Å². The second-order valence-electron chi connectivity index (χ2n) is 5.14. The van der Waals surface area contributed by atoms with Crippen molar-refractivity contribution in [2.24, 2.45) is 0 Å². The Bertz CT molecular complexity index is 674. The number of aromatic nitrogens is 2. The molecule has 0 atom stereocenters. The molecule has 1 N–H and O–H groups in total. The molecule has 1 aliphatic rings. The van der Waals surface area contributed by atoms with E-state index < -0.39 is 0 Å². The second kappa shape index (κ2) is 7.69. The van der Waals surface area contributed by atoms with Crippen molar-refractivity contribution in [3.63, 3.8) is 0 Å². The highest BCUT2D eigenvalue weighted by molar-refractivity contribution is 5.31. The number of nitrogens with zero attached hydrogens (tertiary/aromatic N) is 2. The van der Waals surface area contributed by atoms with E-state index in [1.165, 1.54) is 17.7 Å². The Kier molecular flexibility index (Phi) is 5.16. The van der Waals surface area contributed by atoms with Crippen LogP contribution in [0.1, 0.15) is 12.8 Å². The van der Waals surface area contributed by atoms with Gasteiger partial charge in [-0.05, 0) is 37.1 Å². The maximum Gasteiger partial charge on any atom is 0.225 e. The molecule has 0 amide bonds. The summed E-state index contributed by atoms with van der Waals surface area (Å²) in [4.78, 5) is 8.46. The lowest BCUT2D eigenvalue weighted by atomic mass is 10.1. The lowest BCUT2D eigenvalue weighted by Crippen LogP contribution is -2.10. The van der Waals surface area contributed by atoms with E-state index >= 15 is 0 Å². The van der Waals surface area contributed by atoms with E-state index in [1.54, 1.807) is 24.4 Å². The molecule has 0 radical (unpaired) electrons. The number of halogens is 1. The normalized spacial score (nSPS) is 14.2. The molecule has 0 saturated carbocycles. The SMILES string of the molecule is Fc1ccc(Oc2ccnc(NCCC3=CCOCC3)n2)cc1. The van der Waals surface area contributed by atoms with Gasteiger partial charge in [0, 0.05) is 18.8 Å². The Morgan fingerprint density at radius 1 is 1.22 bits per heavy atom. The van der Waals surface area contributed by atoms with Crippen molar-refractivity contribution in [1.29, 1.82) is 0 Å². The molecule has 0 spiro atoms. The number of hydrogen-bond acceptors (Lipinski definition) is 5. The zero-order valence-corrected chi connectivity index (χ0v) is 12.7. The van der Waals surface area contributed by atoms with E-state index in [9.17, 15) is 4.39 Å². The van der Waals surface area contributed by atoms with Gasteiger partial charge < -0.3 is 14.8 Å². The highest BCUT2D eigenvalue weighted by Crippen LogP contribution is 2.20. The van der Waals surface area contributed by atoms with Crippen LogP contribution in [-0.4, -0.2) is 29.7 Å². The number of rotatable bonds is 6. The average molecular weight is 315 g/mol. The molecule has 0 saturated heterocycles. The van der Waals surface area contributed by atoms with Crippen LogP contribution in [0, 0.1) is 5.82 Å². The molecular formula is C17H18FN3O2. The van der Waals surface area contributed by atoms with Crippen molar-refractivity contribution >= 4 is 5.95 Å². The summed E-state index contributed by atoms with van der Waals surface area (Å²) in [6, 6.07) is 7.47. The zero-order valence-electron chi connectivity index (χ0n) is 12.7. The summed E-state index contributed by atoms with van der Waals surface area (Å²) < 4.78 is 23.7. The van der Waals surface area contributed by atoms with Gasteiger partial charge in [0.05, 0.1) is 13.2 Å². The molecule has 120 valence electrons. The number of anilines is 1. The van der Waals surface area contributed by atoms with Crippen LogP contribution in [0.25, 0.3) is 0 Å². The van der Waals surface area contributed by atoms with Crippen molar-refractivity contribution in [2.45, 2.75) is 12.8 Å². The third kappa shape index (κ3) is 4.75. The molecular weight excluding hydrogens is 297 g/mol. The van der Waals surface area contributed by atoms with Gasteiger partial charge >= 0.3 is 0 Å². The van der Waals surface area contributed by atoms with Crippen molar-refractivity contribution in [2.75, 3.05) is 25.1 Å². The first-order valence-electron chi connectivity index (χ1n) is 7.55. The van der Waals surface area contributed by atoms with E-state index in [-0.39, 0.29) is 5.82 Å². The van der Waals surface area contributed by atoms with Gasteiger partial charge in [-0.3, -0.25) is 0 Å². The Morgan fingerprint density at radius 2 is 2.09 bits per heavy atom. The largest absolute Gasteiger partial charge is 0.439 e. The van der Waals surface area contributed by atoms with Gasteiger partial charge in [0.25, 0.3) is 0 Å². The van der Waals surface area contributed by atoms with Crippen molar-refractivity contribution in [3.05, 3.63) is 54.0 Å². The van der Waals surface area contributed by atoms with E-state index in [4.69, 9.17) is 9.47 Å². The monoisotopic (exact) mass is 315 g/mol. The molecule has 0 fully saturated rings. The fourth-order valence-electron chi connectivity index (χ4n) is 2.23. The first-order chi connectivity index (χ1) is 11.3. The minimum Gasteiger partial charge on any atom is -0.439 e. The molecule has 5 nitrogen and oxygen atoms in total. The van der Waals surface area contributed by atoms with Crippen LogP contribution in [0.4, 0.5) is 10.3 Å². The van der Waals surface area contributed by atoms with Crippen LogP contribution in [0.15, 0.2) is 48.2 Å². The number of ether oxygens (including phenoxy) is 2. The third-order valence-corrected chi connectivity index (χ3v) is 3.45. The van der Waals surface area contributed by atoms with Crippen molar-refractivity contribution in [3.8, 4) is 11.6 Å². The molecule has 2 aromatic rings. The summed E-state index contributed by atoms with van der Waals surface area (Å²) in [6.07, 6.45) is 5.67. The van der Waals surface area contributed by atoms with Crippen LogP contribution in [0.3, 0.4) is 0 Å². The van der Waals surface area contributed by atoms with Gasteiger partial charge in [-0.1, -0.05) is 11.6 Å². The summed E-state index contributed by atoms with van der Waals surface area (Å²) in [6.45, 7) is 2.25. The third-order valence-electron chi connectivity index (χ3n) is 3.45. The van der Waals surface area contributed by atoms with Gasteiger partial charge in [-0.25, -0.2) is 9.37 Å².